The second kappa shape index (κ2) is 21.4. The van der Waals surface area contributed by atoms with Gasteiger partial charge in [0.05, 0.1) is 43.1 Å². The van der Waals surface area contributed by atoms with Crippen molar-refractivity contribution in [1.29, 1.82) is 0 Å². The maximum Gasteiger partial charge on any atom is 0.295 e. The fourth-order valence-electron chi connectivity index (χ4n) is 7.73. The van der Waals surface area contributed by atoms with E-state index in [1.807, 2.05) is 60.7 Å². The molecular formula is C50H45N7O13S3. The molecule has 0 unspecified atom stereocenters. The third-order valence-electron chi connectivity index (χ3n) is 11.2. The molecule has 0 saturated carbocycles. The Kier molecular flexibility index (Phi) is 15.1. The number of rotatable bonds is 19. The topological polar surface area (TPSA) is 297 Å². The highest BCUT2D eigenvalue weighted by molar-refractivity contribution is 7.86. The molecule has 0 aliphatic rings. The Morgan fingerprint density at radius 1 is 0.548 bits per heavy atom. The van der Waals surface area contributed by atoms with Gasteiger partial charge in [0, 0.05) is 50.4 Å². The molecule has 20 nitrogen and oxygen atoms in total. The lowest BCUT2D eigenvalue weighted by molar-refractivity contribution is 0.310. The summed E-state index contributed by atoms with van der Waals surface area (Å²) in [5.41, 5.74) is 3.24. The standard InChI is InChI=1S/C50H45N7O13S3/c1-4-69-46-29-43(37-10-5-6-11-39(37)49(46)57-53-41-21-14-31-25-33(17-20-36(31)50(41)58)51-32-15-18-35(68-3)19-16-32)55-56-44-24-30(2)42(28-45(44)70-22-7-8-23-71(59,60)61)54-52-34-26-40-38(48(27-34)73(65,66)67)12-9-13-47(40)72(62,63)64/h5-6,9-21,24-29,51,58H,4,7-8,22-23H2,1-3H3,(H,59,60,61)(H,62,63,64)(H,65,66,67). The molecule has 0 aromatic heterocycles. The number of phenolic OH excluding ortho intramolecular Hbond substituents is 1. The third-order valence-corrected chi connectivity index (χ3v) is 13.8. The molecule has 8 aromatic carbocycles. The maximum atomic E-state index is 12.4. The first-order chi connectivity index (χ1) is 34.8. The van der Waals surface area contributed by atoms with E-state index in [1.54, 1.807) is 51.3 Å². The van der Waals surface area contributed by atoms with Gasteiger partial charge in [0.2, 0.25) is 0 Å². The Morgan fingerprint density at radius 3 is 1.93 bits per heavy atom. The Bertz CT molecular complexity index is 3870. The molecule has 0 saturated heterocycles. The summed E-state index contributed by atoms with van der Waals surface area (Å²) in [6.45, 7) is 3.67. The summed E-state index contributed by atoms with van der Waals surface area (Å²) in [6, 6.07) is 34.1. The number of azo groups is 3. The minimum atomic E-state index is -4.93. The van der Waals surface area contributed by atoms with Gasteiger partial charge in [0.1, 0.15) is 44.1 Å². The maximum absolute atomic E-state index is 12.4. The summed E-state index contributed by atoms with van der Waals surface area (Å²) in [5, 5.41) is 43.5. The largest absolute Gasteiger partial charge is 0.505 e. The fourth-order valence-corrected chi connectivity index (χ4v) is 9.72. The van der Waals surface area contributed by atoms with Gasteiger partial charge in [-0.05, 0) is 110 Å². The summed E-state index contributed by atoms with van der Waals surface area (Å²) in [7, 11) is -12.4. The lowest BCUT2D eigenvalue weighted by Crippen LogP contribution is -2.06. The van der Waals surface area contributed by atoms with Crippen molar-refractivity contribution < 1.29 is 58.2 Å². The molecule has 0 amide bonds. The van der Waals surface area contributed by atoms with Crippen molar-refractivity contribution in [2.45, 2.75) is 36.5 Å². The van der Waals surface area contributed by atoms with Crippen molar-refractivity contribution in [3.63, 3.8) is 0 Å². The fraction of sp³-hybridized carbons (Fsp3) is 0.160. The lowest BCUT2D eigenvalue weighted by Gasteiger charge is -2.13. The van der Waals surface area contributed by atoms with Gasteiger partial charge in [-0.3, -0.25) is 13.7 Å². The number of methoxy groups -OCH3 is 1. The molecule has 0 atom stereocenters. The number of aromatic hydroxyl groups is 1. The van der Waals surface area contributed by atoms with Crippen LogP contribution in [0, 0.1) is 6.92 Å². The summed E-state index contributed by atoms with van der Waals surface area (Å²) in [4.78, 5) is -1.31. The van der Waals surface area contributed by atoms with Crippen LogP contribution < -0.4 is 19.5 Å². The van der Waals surface area contributed by atoms with E-state index < -0.39 is 45.9 Å². The monoisotopic (exact) mass is 1050 g/mol. The van der Waals surface area contributed by atoms with Crippen LogP contribution in [0.3, 0.4) is 0 Å². The predicted molar refractivity (Wildman–Crippen MR) is 275 cm³/mol. The molecule has 0 spiro atoms. The van der Waals surface area contributed by atoms with Gasteiger partial charge in [-0.2, -0.15) is 35.5 Å². The first kappa shape index (κ1) is 51.4. The highest BCUT2D eigenvalue weighted by atomic mass is 32.2. The average Bonchev–Trinajstić information content (AvgIpc) is 3.34. The molecule has 0 bridgehead atoms. The number of hydrogen-bond donors (Lipinski definition) is 5. The first-order valence-corrected chi connectivity index (χ1v) is 26.6. The van der Waals surface area contributed by atoms with Gasteiger partial charge < -0.3 is 24.6 Å². The van der Waals surface area contributed by atoms with Crippen LogP contribution in [0.2, 0.25) is 0 Å². The second-order valence-electron chi connectivity index (χ2n) is 16.2. The van der Waals surface area contributed by atoms with E-state index in [4.69, 9.17) is 14.2 Å². The van der Waals surface area contributed by atoms with E-state index in [2.05, 4.69) is 36.0 Å². The Balaban J connectivity index is 1.13. The Hall–Kier alpha value is -7.93. The zero-order chi connectivity index (χ0) is 52.1. The van der Waals surface area contributed by atoms with Crippen LogP contribution in [0.15, 0.2) is 168 Å². The van der Waals surface area contributed by atoms with E-state index in [-0.39, 0.29) is 71.1 Å². The minimum Gasteiger partial charge on any atom is -0.505 e. The minimum absolute atomic E-state index is 0.0365. The van der Waals surface area contributed by atoms with Gasteiger partial charge in [-0.25, -0.2) is 0 Å². The van der Waals surface area contributed by atoms with Crippen molar-refractivity contribution in [3.8, 4) is 23.0 Å². The molecule has 0 radical (unpaired) electrons. The smallest absolute Gasteiger partial charge is 0.295 e. The highest BCUT2D eigenvalue weighted by Gasteiger charge is 2.22. The number of hydrogen-bond acceptors (Lipinski definition) is 17. The first-order valence-electron chi connectivity index (χ1n) is 22.1. The number of aryl methyl sites for hydroxylation is 1. The number of unbranched alkanes of at least 4 members (excludes halogenated alkanes) is 1. The molecule has 0 aliphatic carbocycles. The summed E-state index contributed by atoms with van der Waals surface area (Å²) < 4.78 is 119. The molecule has 5 N–H and O–H groups in total. The van der Waals surface area contributed by atoms with Crippen LogP contribution in [-0.2, 0) is 30.4 Å². The summed E-state index contributed by atoms with van der Waals surface area (Å²) >= 11 is 0. The van der Waals surface area contributed by atoms with Crippen molar-refractivity contribution in [2.24, 2.45) is 30.7 Å². The molecule has 0 aliphatic heterocycles. The molecule has 376 valence electrons. The average molecular weight is 1050 g/mol. The van der Waals surface area contributed by atoms with Crippen LogP contribution in [0.1, 0.15) is 25.3 Å². The Labute approximate surface area is 419 Å². The number of fused-ring (bicyclic) bond motifs is 3. The predicted octanol–water partition coefficient (Wildman–Crippen LogP) is 13.1. The van der Waals surface area contributed by atoms with Gasteiger partial charge in [-0.1, -0.05) is 42.5 Å². The van der Waals surface area contributed by atoms with E-state index >= 15 is 0 Å². The molecule has 23 heteroatoms. The quantitative estimate of drug-likeness (QED) is 0.0286. The van der Waals surface area contributed by atoms with Crippen LogP contribution in [-0.4, -0.2) is 70.1 Å². The van der Waals surface area contributed by atoms with E-state index in [1.165, 1.54) is 24.3 Å². The molecular weight excluding hydrogens is 1000 g/mol. The van der Waals surface area contributed by atoms with Crippen LogP contribution in [0.25, 0.3) is 32.3 Å². The molecule has 0 fully saturated rings. The van der Waals surface area contributed by atoms with E-state index in [9.17, 15) is 44.0 Å². The van der Waals surface area contributed by atoms with Crippen molar-refractivity contribution >= 4 is 108 Å². The molecule has 73 heavy (non-hydrogen) atoms. The second-order valence-corrected chi connectivity index (χ2v) is 20.6. The van der Waals surface area contributed by atoms with Gasteiger partial charge in [-0.15, -0.1) is 20.5 Å². The highest BCUT2D eigenvalue weighted by Crippen LogP contribution is 2.45. The summed E-state index contributed by atoms with van der Waals surface area (Å²) in [6.07, 6.45) is 0.268. The Morgan fingerprint density at radius 2 is 1.22 bits per heavy atom. The number of ether oxygens (including phenoxy) is 3. The van der Waals surface area contributed by atoms with Crippen molar-refractivity contribution in [3.05, 3.63) is 133 Å². The number of benzene rings is 8. The molecule has 0 heterocycles. The van der Waals surface area contributed by atoms with Gasteiger partial charge >= 0.3 is 0 Å². The molecule has 8 rings (SSSR count). The number of nitrogens with one attached hydrogen (secondary N) is 1. The van der Waals surface area contributed by atoms with E-state index in [0.717, 1.165) is 34.6 Å². The van der Waals surface area contributed by atoms with E-state index in [0.29, 0.717) is 38.8 Å². The number of nitrogens with zero attached hydrogens (tertiary/aromatic N) is 6. The van der Waals surface area contributed by atoms with Crippen LogP contribution >= 0.6 is 0 Å². The van der Waals surface area contributed by atoms with Crippen molar-refractivity contribution in [2.75, 3.05) is 31.4 Å². The van der Waals surface area contributed by atoms with Gasteiger partial charge in [0.15, 0.2) is 5.75 Å². The zero-order valence-electron chi connectivity index (χ0n) is 39.0. The zero-order valence-corrected chi connectivity index (χ0v) is 41.5. The number of phenols is 1. The van der Waals surface area contributed by atoms with Crippen LogP contribution in [0.4, 0.5) is 45.5 Å². The third kappa shape index (κ3) is 12.2. The molecule has 8 aromatic rings. The van der Waals surface area contributed by atoms with Crippen LogP contribution in [0.5, 0.6) is 23.0 Å². The van der Waals surface area contributed by atoms with Gasteiger partial charge in [0.25, 0.3) is 30.4 Å². The SMILES string of the molecule is CCOc1cc(N=Nc2cc(C)c(N=Nc3cc(S(=O)(=O)O)c4cccc(S(=O)(=O)O)c4c3)cc2OCCCCS(=O)(=O)O)c2ccccc2c1N=Nc1ccc2cc(Nc3ccc(OC)cc3)ccc2c1O. The number of anilines is 2. The normalized spacial score (nSPS) is 12.5. The van der Waals surface area contributed by atoms with Crippen molar-refractivity contribution in [1.82, 2.24) is 0 Å². The summed E-state index contributed by atoms with van der Waals surface area (Å²) in [5.74, 6) is 0.594. The lowest BCUT2D eigenvalue weighted by atomic mass is 10.1.